The zero-order chi connectivity index (χ0) is 22.1. The van der Waals surface area contributed by atoms with Crippen molar-refractivity contribution in [2.75, 3.05) is 7.05 Å². The Morgan fingerprint density at radius 1 is 1.19 bits per heavy atom. The van der Waals surface area contributed by atoms with E-state index in [1.54, 1.807) is 29.3 Å². The zero-order valence-corrected chi connectivity index (χ0v) is 18.8. The fraction of sp³-hybridized carbons (Fsp3) is 0.318. The number of carbonyl (C=O) groups excluding carboxylic acids is 1. The molecule has 0 aliphatic carbocycles. The van der Waals surface area contributed by atoms with Crippen LogP contribution in [0, 0.1) is 13.8 Å². The number of nitrogens with zero attached hydrogens (tertiary/aromatic N) is 6. The van der Waals surface area contributed by atoms with Crippen LogP contribution in [-0.2, 0) is 11.3 Å². The van der Waals surface area contributed by atoms with Gasteiger partial charge in [0.05, 0.1) is 23.4 Å². The van der Waals surface area contributed by atoms with E-state index in [9.17, 15) is 9.59 Å². The van der Waals surface area contributed by atoms with Crippen LogP contribution in [0.25, 0.3) is 15.9 Å². The van der Waals surface area contributed by atoms with Crippen LogP contribution in [0.4, 0.5) is 0 Å². The maximum Gasteiger partial charge on any atom is 0.262 e. The van der Waals surface area contributed by atoms with Gasteiger partial charge in [-0.2, -0.15) is 5.10 Å². The molecule has 1 amide bonds. The first-order chi connectivity index (χ1) is 14.9. The summed E-state index contributed by atoms with van der Waals surface area (Å²) in [5.74, 6) is -0.0296. The fourth-order valence-electron chi connectivity index (χ4n) is 3.51. The lowest BCUT2D eigenvalue weighted by Crippen LogP contribution is -2.31. The van der Waals surface area contributed by atoms with Gasteiger partial charge in [-0.05, 0) is 44.0 Å². The third kappa shape index (κ3) is 4.00. The van der Waals surface area contributed by atoms with E-state index in [0.29, 0.717) is 11.9 Å². The van der Waals surface area contributed by atoms with E-state index in [-0.39, 0.29) is 23.9 Å². The first-order valence-corrected chi connectivity index (χ1v) is 10.8. The van der Waals surface area contributed by atoms with Crippen molar-refractivity contribution in [1.82, 2.24) is 29.2 Å². The number of amides is 1. The topological polar surface area (TPSA) is 85.9 Å². The highest BCUT2D eigenvalue weighted by Gasteiger charge is 2.18. The van der Waals surface area contributed by atoms with Crippen molar-refractivity contribution < 1.29 is 4.79 Å². The van der Waals surface area contributed by atoms with Gasteiger partial charge in [-0.3, -0.25) is 14.2 Å². The summed E-state index contributed by atoms with van der Waals surface area (Å²) >= 11 is 1.52. The van der Waals surface area contributed by atoms with Crippen molar-refractivity contribution in [2.45, 2.75) is 39.8 Å². The predicted molar refractivity (Wildman–Crippen MR) is 121 cm³/mol. The summed E-state index contributed by atoms with van der Waals surface area (Å²) in [6, 6.07) is 7.76. The SMILES string of the molecule is Cc1sc2ncn(CCC(=O)N(C)C(C)c3ccc(-n4cncn4)cc3)c(=O)c2c1C. The molecular weight excluding hydrogens is 412 g/mol. The van der Waals surface area contributed by atoms with Crippen molar-refractivity contribution in [3.05, 3.63) is 69.6 Å². The summed E-state index contributed by atoms with van der Waals surface area (Å²) in [7, 11) is 1.79. The maximum atomic E-state index is 12.8. The molecule has 0 aliphatic heterocycles. The van der Waals surface area contributed by atoms with Gasteiger partial charge in [0.15, 0.2) is 0 Å². The van der Waals surface area contributed by atoms with Gasteiger partial charge >= 0.3 is 0 Å². The number of hydrogen-bond donors (Lipinski definition) is 0. The lowest BCUT2D eigenvalue weighted by Gasteiger charge is -2.25. The first kappa shape index (κ1) is 20.9. The third-order valence-corrected chi connectivity index (χ3v) is 6.87. The molecule has 3 aromatic heterocycles. The first-order valence-electron chi connectivity index (χ1n) is 10.0. The molecule has 8 nitrogen and oxygen atoms in total. The molecule has 0 spiro atoms. The van der Waals surface area contributed by atoms with Gasteiger partial charge in [0.2, 0.25) is 5.91 Å². The van der Waals surface area contributed by atoms with Crippen LogP contribution in [0.2, 0.25) is 0 Å². The summed E-state index contributed by atoms with van der Waals surface area (Å²) in [5.41, 5.74) is 2.81. The summed E-state index contributed by atoms with van der Waals surface area (Å²) < 4.78 is 3.22. The molecule has 4 aromatic rings. The molecule has 0 radical (unpaired) electrons. The molecule has 0 N–H and O–H groups in total. The largest absolute Gasteiger partial charge is 0.339 e. The number of aryl methyl sites for hydroxylation is 3. The number of thiophene rings is 1. The number of aromatic nitrogens is 5. The van der Waals surface area contributed by atoms with Crippen molar-refractivity contribution in [2.24, 2.45) is 0 Å². The van der Waals surface area contributed by atoms with Gasteiger partial charge in [-0.25, -0.2) is 14.6 Å². The number of rotatable bonds is 6. The highest BCUT2D eigenvalue weighted by atomic mass is 32.1. The quantitative estimate of drug-likeness (QED) is 0.463. The van der Waals surface area contributed by atoms with Gasteiger partial charge in [0.1, 0.15) is 17.5 Å². The van der Waals surface area contributed by atoms with Gasteiger partial charge in [0, 0.05) is 24.9 Å². The van der Waals surface area contributed by atoms with E-state index in [2.05, 4.69) is 15.1 Å². The summed E-state index contributed by atoms with van der Waals surface area (Å²) in [5, 5.41) is 4.78. The normalized spacial score (nSPS) is 12.3. The Labute approximate surface area is 183 Å². The average Bonchev–Trinajstić information content (AvgIpc) is 3.41. The third-order valence-electron chi connectivity index (χ3n) is 5.76. The summed E-state index contributed by atoms with van der Waals surface area (Å²) in [6.45, 7) is 6.22. The van der Waals surface area contributed by atoms with Crippen LogP contribution in [0.15, 0.2) is 48.0 Å². The average molecular weight is 437 g/mol. The van der Waals surface area contributed by atoms with Crippen molar-refractivity contribution >= 4 is 27.5 Å². The van der Waals surface area contributed by atoms with Crippen LogP contribution in [0.3, 0.4) is 0 Å². The standard InChI is InChI=1S/C22H24N6O2S/c1-14-16(3)31-21-20(14)22(30)27(13-24-21)10-9-19(29)26(4)15(2)17-5-7-18(8-6-17)28-12-23-11-25-28/h5-8,11-13,15H,9-10H2,1-4H3. The molecule has 1 atom stereocenters. The van der Waals surface area contributed by atoms with Gasteiger partial charge in [0.25, 0.3) is 5.56 Å². The molecule has 1 aromatic carbocycles. The summed E-state index contributed by atoms with van der Waals surface area (Å²) in [4.78, 5) is 37.5. The lowest BCUT2D eigenvalue weighted by molar-refractivity contribution is -0.132. The second-order valence-electron chi connectivity index (χ2n) is 7.57. The van der Waals surface area contributed by atoms with E-state index >= 15 is 0 Å². The molecular formula is C22H24N6O2S. The molecule has 0 aliphatic rings. The van der Waals surface area contributed by atoms with Crippen LogP contribution >= 0.6 is 11.3 Å². The molecule has 0 saturated heterocycles. The number of benzene rings is 1. The molecule has 4 rings (SSSR count). The molecule has 3 heterocycles. The zero-order valence-electron chi connectivity index (χ0n) is 17.9. The van der Waals surface area contributed by atoms with Crippen LogP contribution in [-0.4, -0.2) is 42.2 Å². The highest BCUT2D eigenvalue weighted by molar-refractivity contribution is 7.18. The Bertz CT molecular complexity index is 1270. The van der Waals surface area contributed by atoms with E-state index in [1.807, 2.05) is 45.0 Å². The Hall–Kier alpha value is -3.33. The minimum Gasteiger partial charge on any atom is -0.339 e. The van der Waals surface area contributed by atoms with Crippen molar-refractivity contribution in [3.63, 3.8) is 0 Å². The highest BCUT2D eigenvalue weighted by Crippen LogP contribution is 2.25. The number of hydrogen-bond acceptors (Lipinski definition) is 6. The van der Waals surface area contributed by atoms with Crippen molar-refractivity contribution in [1.29, 1.82) is 0 Å². The predicted octanol–water partition coefficient (Wildman–Crippen LogP) is 3.27. The smallest absolute Gasteiger partial charge is 0.262 e. The Kier molecular flexibility index (Phi) is 5.69. The van der Waals surface area contributed by atoms with Gasteiger partial charge in [-0.1, -0.05) is 12.1 Å². The molecule has 160 valence electrons. The molecule has 1 unspecified atom stereocenters. The van der Waals surface area contributed by atoms with Crippen LogP contribution < -0.4 is 5.56 Å². The molecule has 0 saturated carbocycles. The molecule has 31 heavy (non-hydrogen) atoms. The Balaban J connectivity index is 1.44. The van der Waals surface area contributed by atoms with E-state index < -0.39 is 0 Å². The molecule has 9 heteroatoms. The van der Waals surface area contributed by atoms with Crippen LogP contribution in [0.5, 0.6) is 0 Å². The van der Waals surface area contributed by atoms with Crippen molar-refractivity contribution in [3.8, 4) is 5.69 Å². The number of fused-ring (bicyclic) bond motifs is 1. The number of carbonyl (C=O) groups is 1. The maximum absolute atomic E-state index is 12.8. The van der Waals surface area contributed by atoms with E-state index in [4.69, 9.17) is 0 Å². The fourth-order valence-corrected chi connectivity index (χ4v) is 4.50. The van der Waals surface area contributed by atoms with Crippen LogP contribution in [0.1, 0.15) is 35.4 Å². The molecule has 0 fully saturated rings. The second-order valence-corrected chi connectivity index (χ2v) is 8.77. The summed E-state index contributed by atoms with van der Waals surface area (Å²) in [6.07, 6.45) is 4.90. The lowest BCUT2D eigenvalue weighted by atomic mass is 10.1. The van der Waals surface area contributed by atoms with Gasteiger partial charge < -0.3 is 4.90 Å². The Morgan fingerprint density at radius 3 is 2.61 bits per heavy atom. The molecule has 0 bridgehead atoms. The second kappa shape index (κ2) is 8.43. The van der Waals surface area contributed by atoms with E-state index in [1.165, 1.54) is 22.2 Å². The Morgan fingerprint density at radius 2 is 1.94 bits per heavy atom. The van der Waals surface area contributed by atoms with Gasteiger partial charge in [-0.15, -0.1) is 11.3 Å². The minimum absolute atomic E-state index is 0.0296. The monoisotopic (exact) mass is 436 g/mol. The minimum atomic E-state index is -0.101. The van der Waals surface area contributed by atoms with E-state index in [0.717, 1.165) is 26.5 Å².